The number of nitrogens with zero attached hydrogens (tertiary/aromatic N) is 4. The second-order valence-electron chi connectivity index (χ2n) is 8.83. The Morgan fingerprint density at radius 1 is 1.15 bits per heavy atom. The van der Waals surface area contributed by atoms with Gasteiger partial charge in [-0.3, -0.25) is 5.10 Å². The molecule has 34 heavy (non-hydrogen) atoms. The average molecular weight is 475 g/mol. The van der Waals surface area contributed by atoms with Crippen molar-refractivity contribution in [2.75, 3.05) is 24.6 Å². The molecule has 2 aromatic heterocycles. The molecule has 2 N–H and O–H groups in total. The molecule has 0 saturated carbocycles. The Balaban J connectivity index is 1.45. The summed E-state index contributed by atoms with van der Waals surface area (Å²) in [5, 5.41) is 16.6. The molecule has 7 nitrogen and oxygen atoms in total. The summed E-state index contributed by atoms with van der Waals surface area (Å²) in [5.41, 5.74) is -0.164. The van der Waals surface area contributed by atoms with E-state index in [1.165, 1.54) is 0 Å². The van der Waals surface area contributed by atoms with Gasteiger partial charge in [-0.1, -0.05) is 5.92 Å². The van der Waals surface area contributed by atoms with Gasteiger partial charge in [0, 0.05) is 19.2 Å². The number of halogens is 4. The van der Waals surface area contributed by atoms with Crippen molar-refractivity contribution in [2.24, 2.45) is 5.41 Å². The fourth-order valence-electron chi connectivity index (χ4n) is 4.71. The van der Waals surface area contributed by atoms with Crippen molar-refractivity contribution >= 4 is 17.0 Å². The molecule has 2 aliphatic rings. The van der Waals surface area contributed by atoms with Gasteiger partial charge in [-0.05, 0) is 37.5 Å². The summed E-state index contributed by atoms with van der Waals surface area (Å²) < 4.78 is 60.5. The third-order valence-electron chi connectivity index (χ3n) is 6.53. The first-order chi connectivity index (χ1) is 16.3. The number of piperidine rings is 1. The van der Waals surface area contributed by atoms with E-state index in [1.807, 2.05) is 0 Å². The van der Waals surface area contributed by atoms with E-state index < -0.39 is 35.4 Å². The largest absolute Gasteiger partial charge is 0.390 e. The first-order valence-electron chi connectivity index (χ1n) is 10.9. The molecule has 0 amide bonds. The van der Waals surface area contributed by atoms with Crippen LogP contribution in [0.2, 0.25) is 0 Å². The fraction of sp³-hybridized carbons (Fsp3) is 0.435. The standard InChI is InChI=1S/C23H21F4N5O2/c1-12-9-23(11-34-12)4-6-32(7-5-23)22-17(10-33)28-20-16(30-31-21(20)29-22)3-2-13-18(26)14(24)8-15(25)19(13)27/h8,12,33H,4-7,9-11H2,1H3,(H,29,30,31)/t12-/m0/s1. The van der Waals surface area contributed by atoms with E-state index in [0.29, 0.717) is 11.5 Å². The third kappa shape index (κ3) is 3.86. The zero-order chi connectivity index (χ0) is 24.0. The van der Waals surface area contributed by atoms with Gasteiger partial charge in [-0.2, -0.15) is 5.10 Å². The second kappa shape index (κ2) is 8.52. The Bertz CT molecular complexity index is 1300. The summed E-state index contributed by atoms with van der Waals surface area (Å²) in [5.74, 6) is -1.30. The highest BCUT2D eigenvalue weighted by atomic mass is 19.2. The lowest BCUT2D eigenvalue weighted by atomic mass is 9.77. The zero-order valence-corrected chi connectivity index (χ0v) is 18.3. The number of aliphatic hydroxyl groups is 1. The highest BCUT2D eigenvalue weighted by Crippen LogP contribution is 2.42. The number of benzene rings is 1. The number of aromatic nitrogens is 4. The molecule has 2 saturated heterocycles. The number of fused-ring (bicyclic) bond motifs is 1. The Kier molecular flexibility index (Phi) is 5.65. The molecule has 11 heteroatoms. The number of H-pyrrole nitrogens is 1. The molecule has 2 fully saturated rings. The Hall–Kier alpha value is -3.23. The first kappa shape index (κ1) is 22.6. The highest BCUT2D eigenvalue weighted by molar-refractivity contribution is 5.78. The quantitative estimate of drug-likeness (QED) is 0.336. The van der Waals surface area contributed by atoms with Gasteiger partial charge in [0.2, 0.25) is 0 Å². The maximum atomic E-state index is 13.9. The number of anilines is 1. The molecule has 0 bridgehead atoms. The lowest BCUT2D eigenvalue weighted by Crippen LogP contribution is -2.41. The molecular formula is C23H21F4N5O2. The third-order valence-corrected chi connectivity index (χ3v) is 6.53. The average Bonchev–Trinajstić information content (AvgIpc) is 3.40. The van der Waals surface area contributed by atoms with Crippen molar-refractivity contribution in [3.63, 3.8) is 0 Å². The Labute approximate surface area is 192 Å². The van der Waals surface area contributed by atoms with E-state index in [-0.39, 0.29) is 34.4 Å². The number of nitrogens with one attached hydrogen (secondary N) is 1. The number of aromatic amines is 1. The molecule has 4 heterocycles. The van der Waals surface area contributed by atoms with Crippen LogP contribution in [-0.4, -0.2) is 51.1 Å². The molecule has 1 spiro atoms. The molecule has 1 atom stereocenters. The van der Waals surface area contributed by atoms with Crippen LogP contribution in [0.25, 0.3) is 11.2 Å². The SMILES string of the molecule is C[C@H]1CC2(CCN(c3nc4[nH]nc(C#Cc5c(F)c(F)cc(F)c5F)c4nc3CO)CC2)CO1. The van der Waals surface area contributed by atoms with Crippen LogP contribution in [0.3, 0.4) is 0 Å². The van der Waals surface area contributed by atoms with Crippen LogP contribution in [0.4, 0.5) is 23.4 Å². The van der Waals surface area contributed by atoms with Crippen LogP contribution in [0, 0.1) is 40.5 Å². The summed E-state index contributed by atoms with van der Waals surface area (Å²) in [4.78, 5) is 11.0. The first-order valence-corrected chi connectivity index (χ1v) is 10.9. The van der Waals surface area contributed by atoms with Crippen LogP contribution in [0.15, 0.2) is 6.07 Å². The minimum atomic E-state index is -1.60. The Morgan fingerprint density at radius 3 is 2.47 bits per heavy atom. The number of ether oxygens (including phenoxy) is 1. The van der Waals surface area contributed by atoms with Crippen molar-refractivity contribution < 1.29 is 27.4 Å². The number of aliphatic hydroxyl groups excluding tert-OH is 1. The van der Waals surface area contributed by atoms with Crippen molar-refractivity contribution in [2.45, 2.75) is 38.9 Å². The summed E-state index contributed by atoms with van der Waals surface area (Å²) >= 11 is 0. The smallest absolute Gasteiger partial charge is 0.177 e. The van der Waals surface area contributed by atoms with E-state index >= 15 is 0 Å². The lowest BCUT2D eigenvalue weighted by Gasteiger charge is -2.39. The van der Waals surface area contributed by atoms with Crippen LogP contribution < -0.4 is 4.90 Å². The van der Waals surface area contributed by atoms with Crippen LogP contribution in [0.1, 0.15) is 43.1 Å². The van der Waals surface area contributed by atoms with Gasteiger partial charge in [-0.25, -0.2) is 27.5 Å². The molecule has 3 aromatic rings. The second-order valence-corrected chi connectivity index (χ2v) is 8.83. The predicted molar refractivity (Wildman–Crippen MR) is 114 cm³/mol. The molecule has 178 valence electrons. The van der Waals surface area contributed by atoms with Crippen LogP contribution in [0.5, 0.6) is 0 Å². The normalized spacial score (nSPS) is 19.6. The van der Waals surface area contributed by atoms with Gasteiger partial charge in [0.05, 0.1) is 19.3 Å². The predicted octanol–water partition coefficient (Wildman–Crippen LogP) is 3.20. The van der Waals surface area contributed by atoms with E-state index in [2.05, 4.69) is 43.8 Å². The van der Waals surface area contributed by atoms with Crippen LogP contribution in [-0.2, 0) is 11.3 Å². The molecule has 0 radical (unpaired) electrons. The van der Waals surface area contributed by atoms with Gasteiger partial charge < -0.3 is 14.7 Å². The summed E-state index contributed by atoms with van der Waals surface area (Å²) in [6.45, 7) is 3.90. The Morgan fingerprint density at radius 2 is 1.85 bits per heavy atom. The lowest BCUT2D eigenvalue weighted by molar-refractivity contribution is 0.0975. The van der Waals surface area contributed by atoms with Gasteiger partial charge in [0.15, 0.2) is 40.4 Å². The monoisotopic (exact) mass is 475 g/mol. The maximum absolute atomic E-state index is 13.9. The van der Waals surface area contributed by atoms with Gasteiger partial charge in [0.1, 0.15) is 16.8 Å². The molecule has 0 unspecified atom stereocenters. The zero-order valence-electron chi connectivity index (χ0n) is 18.3. The van der Waals surface area contributed by atoms with Gasteiger partial charge in [-0.15, -0.1) is 0 Å². The van der Waals surface area contributed by atoms with Crippen molar-refractivity contribution in [3.8, 4) is 11.8 Å². The number of hydrogen-bond acceptors (Lipinski definition) is 6. The summed E-state index contributed by atoms with van der Waals surface area (Å²) in [6, 6.07) is 0.114. The minimum absolute atomic E-state index is 0.0260. The number of rotatable bonds is 2. The molecule has 0 aliphatic carbocycles. The van der Waals surface area contributed by atoms with E-state index in [9.17, 15) is 22.7 Å². The van der Waals surface area contributed by atoms with Crippen LogP contribution >= 0.6 is 0 Å². The highest BCUT2D eigenvalue weighted by Gasteiger charge is 2.41. The minimum Gasteiger partial charge on any atom is -0.390 e. The van der Waals surface area contributed by atoms with Gasteiger partial charge >= 0.3 is 0 Å². The van der Waals surface area contributed by atoms with Crippen molar-refractivity contribution in [3.05, 3.63) is 46.3 Å². The molecule has 1 aromatic carbocycles. The van der Waals surface area contributed by atoms with Gasteiger partial charge in [0.25, 0.3) is 0 Å². The maximum Gasteiger partial charge on any atom is 0.177 e. The van der Waals surface area contributed by atoms with E-state index in [1.54, 1.807) is 0 Å². The summed E-state index contributed by atoms with van der Waals surface area (Å²) in [6.07, 6.45) is 3.15. The molecular weight excluding hydrogens is 454 g/mol. The molecule has 2 aliphatic heterocycles. The van der Waals surface area contributed by atoms with E-state index in [4.69, 9.17) is 4.74 Å². The van der Waals surface area contributed by atoms with Crippen molar-refractivity contribution in [1.29, 1.82) is 0 Å². The fourth-order valence-corrected chi connectivity index (χ4v) is 4.71. The van der Waals surface area contributed by atoms with E-state index in [0.717, 1.165) is 39.0 Å². The molecule has 5 rings (SSSR count). The van der Waals surface area contributed by atoms with Crippen molar-refractivity contribution in [1.82, 2.24) is 20.2 Å². The topological polar surface area (TPSA) is 87.2 Å². The summed E-state index contributed by atoms with van der Waals surface area (Å²) in [7, 11) is 0. The number of hydrogen-bond donors (Lipinski definition) is 2.